The van der Waals surface area contributed by atoms with Crippen molar-refractivity contribution in [2.75, 3.05) is 11.9 Å². The molecule has 0 bridgehead atoms. The van der Waals surface area contributed by atoms with E-state index in [1.54, 1.807) is 17.1 Å². The zero-order valence-electron chi connectivity index (χ0n) is 15.3. The summed E-state index contributed by atoms with van der Waals surface area (Å²) in [4.78, 5) is 12.4. The number of rotatable bonds is 4. The molecule has 28 heavy (non-hydrogen) atoms. The van der Waals surface area contributed by atoms with E-state index in [9.17, 15) is 4.79 Å². The molecule has 9 heteroatoms. The van der Waals surface area contributed by atoms with E-state index in [1.807, 2.05) is 24.3 Å². The number of benzene rings is 1. The molecule has 1 unspecified atom stereocenters. The second-order valence-corrected chi connectivity index (χ2v) is 7.07. The third-order valence-corrected chi connectivity index (χ3v) is 5.14. The van der Waals surface area contributed by atoms with Crippen molar-refractivity contribution >= 4 is 11.7 Å². The summed E-state index contributed by atoms with van der Waals surface area (Å²) in [5, 5.41) is 18.7. The molecule has 0 radical (unpaired) electrons. The maximum absolute atomic E-state index is 12.4. The number of aryl methyl sites for hydroxylation is 1. The fourth-order valence-corrected chi connectivity index (χ4v) is 3.75. The third kappa shape index (κ3) is 3.19. The number of anilines is 1. The van der Waals surface area contributed by atoms with E-state index in [2.05, 4.69) is 30.5 Å². The molecule has 2 amide bonds. The number of nitrogens with one attached hydrogen (secondary N) is 2. The molecular weight excluding hydrogens is 358 g/mol. The quantitative estimate of drug-likeness (QED) is 0.723. The van der Waals surface area contributed by atoms with Crippen LogP contribution >= 0.6 is 0 Å². The van der Waals surface area contributed by atoms with Gasteiger partial charge in [-0.1, -0.05) is 18.2 Å². The van der Waals surface area contributed by atoms with Gasteiger partial charge in [0.15, 0.2) is 5.82 Å². The van der Waals surface area contributed by atoms with Crippen molar-refractivity contribution in [3.05, 3.63) is 53.9 Å². The van der Waals surface area contributed by atoms with Crippen LogP contribution in [0.25, 0.3) is 0 Å². The Morgan fingerprint density at radius 3 is 3.14 bits per heavy atom. The minimum Gasteiger partial charge on any atom is -0.491 e. The van der Waals surface area contributed by atoms with Gasteiger partial charge in [0, 0.05) is 24.7 Å². The molecule has 9 nitrogen and oxygen atoms in total. The van der Waals surface area contributed by atoms with Crippen molar-refractivity contribution in [2.24, 2.45) is 0 Å². The Morgan fingerprint density at radius 1 is 1.25 bits per heavy atom. The molecule has 1 aromatic carbocycles. The summed E-state index contributed by atoms with van der Waals surface area (Å²) in [6.45, 7) is 1.92. The lowest BCUT2D eigenvalue weighted by Crippen LogP contribution is -2.33. The Hall–Kier alpha value is -3.36. The van der Waals surface area contributed by atoms with Crippen molar-refractivity contribution in [1.82, 2.24) is 29.9 Å². The summed E-state index contributed by atoms with van der Waals surface area (Å²) in [5.41, 5.74) is 1.62. The molecule has 0 fully saturated rings. The maximum atomic E-state index is 12.4. The monoisotopic (exact) mass is 379 g/mol. The van der Waals surface area contributed by atoms with Gasteiger partial charge in [-0.3, -0.25) is 4.68 Å². The first-order valence-corrected chi connectivity index (χ1v) is 9.49. The van der Waals surface area contributed by atoms with Crippen molar-refractivity contribution in [3.8, 4) is 5.75 Å². The van der Waals surface area contributed by atoms with Gasteiger partial charge < -0.3 is 19.9 Å². The molecule has 4 heterocycles. The highest BCUT2D eigenvalue weighted by atomic mass is 16.5. The normalized spacial score (nSPS) is 17.5. The van der Waals surface area contributed by atoms with Crippen LogP contribution in [0.1, 0.15) is 36.1 Å². The second kappa shape index (κ2) is 6.99. The Bertz CT molecular complexity index is 1010. The van der Waals surface area contributed by atoms with Crippen LogP contribution in [-0.4, -0.2) is 37.2 Å². The Balaban J connectivity index is 1.21. The fourth-order valence-electron chi connectivity index (χ4n) is 3.75. The summed E-state index contributed by atoms with van der Waals surface area (Å²) in [5.74, 6) is 2.76. The van der Waals surface area contributed by atoms with Gasteiger partial charge in [0.1, 0.15) is 24.7 Å². The van der Waals surface area contributed by atoms with Gasteiger partial charge in [0.05, 0.1) is 17.9 Å². The SMILES string of the molecule is O=C(Nc1cnn(Cc2nnc3n2CCCC3)c1)NC1COc2ccccc21. The number of ether oxygens (including phenoxy) is 1. The molecule has 1 atom stereocenters. The molecule has 5 rings (SSSR count). The van der Waals surface area contributed by atoms with Crippen LogP contribution < -0.4 is 15.4 Å². The van der Waals surface area contributed by atoms with E-state index < -0.39 is 0 Å². The topological polar surface area (TPSA) is 98.9 Å². The van der Waals surface area contributed by atoms with Crippen LogP contribution in [0, 0.1) is 0 Å². The number of urea groups is 1. The van der Waals surface area contributed by atoms with Crippen LogP contribution in [0.15, 0.2) is 36.7 Å². The van der Waals surface area contributed by atoms with Crippen molar-refractivity contribution in [1.29, 1.82) is 0 Å². The van der Waals surface area contributed by atoms with Gasteiger partial charge in [-0.15, -0.1) is 10.2 Å². The number of aromatic nitrogens is 5. The van der Waals surface area contributed by atoms with E-state index in [0.717, 1.165) is 42.3 Å². The highest BCUT2D eigenvalue weighted by molar-refractivity contribution is 5.89. The lowest BCUT2D eigenvalue weighted by atomic mass is 10.1. The minimum absolute atomic E-state index is 0.159. The molecule has 0 spiro atoms. The fraction of sp³-hybridized carbons (Fsp3) is 0.368. The number of amides is 2. The van der Waals surface area contributed by atoms with Gasteiger partial charge in [-0.25, -0.2) is 4.79 Å². The number of carbonyl (C=O) groups excluding carboxylic acids is 1. The first-order valence-electron chi connectivity index (χ1n) is 9.49. The van der Waals surface area contributed by atoms with Gasteiger partial charge >= 0.3 is 6.03 Å². The molecule has 0 aliphatic carbocycles. The zero-order chi connectivity index (χ0) is 18.9. The number of hydrogen-bond acceptors (Lipinski definition) is 5. The summed E-state index contributed by atoms with van der Waals surface area (Å²) in [7, 11) is 0. The van der Waals surface area contributed by atoms with Crippen LogP contribution in [0.2, 0.25) is 0 Å². The third-order valence-electron chi connectivity index (χ3n) is 5.14. The molecule has 0 saturated carbocycles. The van der Waals surface area contributed by atoms with Crippen molar-refractivity contribution in [3.63, 3.8) is 0 Å². The predicted molar refractivity (Wildman–Crippen MR) is 101 cm³/mol. The highest BCUT2D eigenvalue weighted by Gasteiger charge is 2.25. The predicted octanol–water partition coefficient (Wildman–Crippen LogP) is 2.11. The van der Waals surface area contributed by atoms with Crippen LogP contribution in [-0.2, 0) is 19.5 Å². The summed E-state index contributed by atoms with van der Waals surface area (Å²) in [6, 6.07) is 7.28. The average Bonchev–Trinajstić information content (AvgIpc) is 3.43. The summed E-state index contributed by atoms with van der Waals surface area (Å²) >= 11 is 0. The number of fused-ring (bicyclic) bond motifs is 2. The molecular formula is C19H21N7O2. The van der Waals surface area contributed by atoms with E-state index in [0.29, 0.717) is 18.8 Å². The second-order valence-electron chi connectivity index (χ2n) is 7.07. The van der Waals surface area contributed by atoms with E-state index in [1.165, 1.54) is 6.42 Å². The van der Waals surface area contributed by atoms with Gasteiger partial charge in [-0.2, -0.15) is 5.10 Å². The number of nitrogens with zero attached hydrogens (tertiary/aromatic N) is 5. The number of carbonyl (C=O) groups is 1. The Morgan fingerprint density at radius 2 is 2.18 bits per heavy atom. The first kappa shape index (κ1) is 16.8. The van der Waals surface area contributed by atoms with E-state index in [4.69, 9.17) is 4.74 Å². The lowest BCUT2D eigenvalue weighted by molar-refractivity contribution is 0.243. The van der Waals surface area contributed by atoms with Gasteiger partial charge in [-0.05, 0) is 18.9 Å². The zero-order valence-corrected chi connectivity index (χ0v) is 15.3. The minimum atomic E-state index is -0.287. The molecule has 2 aliphatic heterocycles. The lowest BCUT2D eigenvalue weighted by Gasteiger charge is -2.14. The van der Waals surface area contributed by atoms with Crippen LogP contribution in [0.5, 0.6) is 5.75 Å². The number of hydrogen-bond donors (Lipinski definition) is 2. The summed E-state index contributed by atoms with van der Waals surface area (Å²) < 4.78 is 9.52. The molecule has 2 N–H and O–H groups in total. The molecule has 2 aliphatic rings. The van der Waals surface area contributed by atoms with Crippen LogP contribution in [0.4, 0.5) is 10.5 Å². The molecule has 0 saturated heterocycles. The van der Waals surface area contributed by atoms with Crippen molar-refractivity contribution < 1.29 is 9.53 Å². The molecule has 144 valence electrons. The Kier molecular flexibility index (Phi) is 4.19. The highest BCUT2D eigenvalue weighted by Crippen LogP contribution is 2.31. The van der Waals surface area contributed by atoms with E-state index >= 15 is 0 Å². The van der Waals surface area contributed by atoms with Crippen molar-refractivity contribution in [2.45, 2.75) is 38.4 Å². The maximum Gasteiger partial charge on any atom is 0.319 e. The van der Waals surface area contributed by atoms with Gasteiger partial charge in [0.2, 0.25) is 0 Å². The molecule has 3 aromatic rings. The smallest absolute Gasteiger partial charge is 0.319 e. The largest absolute Gasteiger partial charge is 0.491 e. The number of para-hydroxylation sites is 1. The van der Waals surface area contributed by atoms with Gasteiger partial charge in [0.25, 0.3) is 0 Å². The molecule has 2 aromatic heterocycles. The average molecular weight is 379 g/mol. The van der Waals surface area contributed by atoms with E-state index in [-0.39, 0.29) is 12.1 Å². The van der Waals surface area contributed by atoms with Crippen LogP contribution in [0.3, 0.4) is 0 Å². The Labute approximate surface area is 161 Å². The summed E-state index contributed by atoms with van der Waals surface area (Å²) in [6.07, 6.45) is 6.72. The standard InChI is InChI=1S/C19H21N7O2/c27-19(22-15-12-28-16-6-2-1-5-14(15)16)21-13-9-20-25(10-13)11-18-24-23-17-7-3-4-8-26(17)18/h1-2,5-6,9-10,15H,3-4,7-8,11-12H2,(H2,21,22,27). The first-order chi connectivity index (χ1) is 13.8.